The van der Waals surface area contributed by atoms with Gasteiger partial charge in [-0.2, -0.15) is 0 Å². The predicted molar refractivity (Wildman–Crippen MR) is 57.9 cm³/mol. The number of aryl methyl sites for hydroxylation is 1. The Balaban J connectivity index is 1.94. The zero-order chi connectivity index (χ0) is 9.97. The second-order valence-electron chi connectivity index (χ2n) is 2.84. The molecule has 0 aromatic carbocycles. The van der Waals surface area contributed by atoms with Crippen molar-refractivity contribution in [2.75, 3.05) is 5.32 Å². The number of nitrogens with one attached hydrogen (secondary N) is 1. The van der Waals surface area contributed by atoms with Gasteiger partial charge >= 0.3 is 0 Å². The molecular weight excluding hydrogens is 220 g/mol. The van der Waals surface area contributed by atoms with E-state index in [1.54, 1.807) is 17.4 Å². The highest BCUT2D eigenvalue weighted by molar-refractivity contribution is 7.15. The minimum absolute atomic E-state index is 0.414. The second-order valence-corrected chi connectivity index (χ2v) is 4.44. The number of aromatic nitrogens is 1. The predicted octanol–water partition coefficient (Wildman–Crippen LogP) is 3.31. The fourth-order valence-corrected chi connectivity index (χ4v) is 1.87. The van der Waals surface area contributed by atoms with Gasteiger partial charge in [0.1, 0.15) is 5.76 Å². The van der Waals surface area contributed by atoms with Gasteiger partial charge in [0, 0.05) is 11.1 Å². The van der Waals surface area contributed by atoms with Crippen LogP contribution in [0.15, 0.2) is 22.7 Å². The fraction of sp³-hybridized carbons (Fsp3) is 0.222. The number of hydrogen-bond acceptors (Lipinski definition) is 4. The maximum atomic E-state index is 5.64. The van der Waals surface area contributed by atoms with Gasteiger partial charge in [-0.15, -0.1) is 11.3 Å². The molecule has 5 heteroatoms. The topological polar surface area (TPSA) is 38.1 Å². The summed E-state index contributed by atoms with van der Waals surface area (Å²) in [7, 11) is 0. The standard InChI is InChI=1S/C9H9ClN2OS/c1-6-4-11-9(14-6)12-5-7-2-3-8(10)13-7/h2-4H,5H2,1H3,(H,11,12). The Bertz CT molecular complexity index is 384. The lowest BCUT2D eigenvalue weighted by Crippen LogP contribution is -1.96. The summed E-state index contributed by atoms with van der Waals surface area (Å²) in [5, 5.41) is 4.46. The Labute approximate surface area is 90.7 Å². The molecule has 0 saturated heterocycles. The number of rotatable bonds is 3. The van der Waals surface area contributed by atoms with E-state index in [2.05, 4.69) is 10.3 Å². The summed E-state index contributed by atoms with van der Waals surface area (Å²) >= 11 is 7.26. The van der Waals surface area contributed by atoms with Crippen molar-refractivity contribution in [3.05, 3.63) is 34.2 Å². The van der Waals surface area contributed by atoms with Gasteiger partial charge in [0.25, 0.3) is 0 Å². The quantitative estimate of drug-likeness (QED) is 0.876. The second kappa shape index (κ2) is 4.02. The average molecular weight is 229 g/mol. The Morgan fingerprint density at radius 2 is 2.43 bits per heavy atom. The van der Waals surface area contributed by atoms with Crippen LogP contribution >= 0.6 is 22.9 Å². The molecule has 14 heavy (non-hydrogen) atoms. The fourth-order valence-electron chi connectivity index (χ4n) is 1.05. The first-order valence-electron chi connectivity index (χ1n) is 4.14. The van der Waals surface area contributed by atoms with E-state index in [-0.39, 0.29) is 0 Å². The maximum absolute atomic E-state index is 5.64. The highest BCUT2D eigenvalue weighted by Crippen LogP contribution is 2.19. The van der Waals surface area contributed by atoms with E-state index in [1.165, 1.54) is 4.88 Å². The van der Waals surface area contributed by atoms with E-state index in [9.17, 15) is 0 Å². The van der Waals surface area contributed by atoms with Crippen molar-refractivity contribution in [1.29, 1.82) is 0 Å². The van der Waals surface area contributed by atoms with Crippen LogP contribution in [0.25, 0.3) is 0 Å². The summed E-state index contributed by atoms with van der Waals surface area (Å²) in [6, 6.07) is 3.57. The summed E-state index contributed by atoms with van der Waals surface area (Å²) < 4.78 is 5.19. The van der Waals surface area contributed by atoms with Crippen molar-refractivity contribution in [3.63, 3.8) is 0 Å². The molecule has 0 atom stereocenters. The van der Waals surface area contributed by atoms with E-state index in [1.807, 2.05) is 19.2 Å². The van der Waals surface area contributed by atoms with Crippen LogP contribution in [-0.2, 0) is 6.54 Å². The number of furan rings is 1. The summed E-state index contributed by atoms with van der Waals surface area (Å²) in [5.41, 5.74) is 0. The molecule has 2 heterocycles. The van der Waals surface area contributed by atoms with Crippen LogP contribution in [-0.4, -0.2) is 4.98 Å². The van der Waals surface area contributed by atoms with Gasteiger partial charge in [-0.05, 0) is 30.7 Å². The van der Waals surface area contributed by atoms with Crippen LogP contribution in [0.4, 0.5) is 5.13 Å². The lowest BCUT2D eigenvalue weighted by atomic mass is 10.4. The smallest absolute Gasteiger partial charge is 0.193 e. The molecule has 3 nitrogen and oxygen atoms in total. The summed E-state index contributed by atoms with van der Waals surface area (Å²) in [6.45, 7) is 2.63. The molecule has 0 saturated carbocycles. The third kappa shape index (κ3) is 2.27. The molecule has 0 radical (unpaired) electrons. The molecule has 0 amide bonds. The lowest BCUT2D eigenvalue weighted by molar-refractivity contribution is 0.520. The van der Waals surface area contributed by atoms with Crippen molar-refractivity contribution in [2.24, 2.45) is 0 Å². The SMILES string of the molecule is Cc1cnc(NCc2ccc(Cl)o2)s1. The number of nitrogens with zero attached hydrogens (tertiary/aromatic N) is 1. The van der Waals surface area contributed by atoms with Gasteiger partial charge in [-0.3, -0.25) is 0 Å². The molecule has 0 aliphatic carbocycles. The molecule has 0 bridgehead atoms. The van der Waals surface area contributed by atoms with Crippen LogP contribution < -0.4 is 5.32 Å². The minimum atomic E-state index is 0.414. The highest BCUT2D eigenvalue weighted by atomic mass is 35.5. The van der Waals surface area contributed by atoms with Crippen LogP contribution in [0.1, 0.15) is 10.6 Å². The lowest BCUT2D eigenvalue weighted by Gasteiger charge is -1.97. The van der Waals surface area contributed by atoms with Crippen LogP contribution in [0, 0.1) is 6.92 Å². The zero-order valence-corrected chi connectivity index (χ0v) is 9.15. The molecule has 2 aromatic rings. The molecule has 2 aromatic heterocycles. The van der Waals surface area contributed by atoms with E-state index >= 15 is 0 Å². The third-order valence-electron chi connectivity index (χ3n) is 1.66. The van der Waals surface area contributed by atoms with Crippen LogP contribution in [0.2, 0.25) is 5.22 Å². The Kier molecular flexibility index (Phi) is 2.74. The number of anilines is 1. The van der Waals surface area contributed by atoms with Crippen LogP contribution in [0.5, 0.6) is 0 Å². The molecular formula is C9H9ClN2OS. The molecule has 0 aliphatic rings. The average Bonchev–Trinajstić information content (AvgIpc) is 2.72. The van der Waals surface area contributed by atoms with Gasteiger partial charge < -0.3 is 9.73 Å². The van der Waals surface area contributed by atoms with Crippen LogP contribution in [0.3, 0.4) is 0 Å². The summed E-state index contributed by atoms with van der Waals surface area (Å²) in [6.07, 6.45) is 1.84. The van der Waals surface area contributed by atoms with E-state index in [0.29, 0.717) is 11.8 Å². The van der Waals surface area contributed by atoms with E-state index in [0.717, 1.165) is 10.9 Å². The van der Waals surface area contributed by atoms with Crippen molar-refractivity contribution in [1.82, 2.24) is 4.98 Å². The van der Waals surface area contributed by atoms with Crippen molar-refractivity contribution < 1.29 is 4.42 Å². The first-order valence-corrected chi connectivity index (χ1v) is 5.34. The largest absolute Gasteiger partial charge is 0.448 e. The first-order chi connectivity index (χ1) is 6.74. The monoisotopic (exact) mass is 228 g/mol. The van der Waals surface area contributed by atoms with E-state index in [4.69, 9.17) is 16.0 Å². The van der Waals surface area contributed by atoms with Gasteiger partial charge in [0.05, 0.1) is 6.54 Å². The van der Waals surface area contributed by atoms with Gasteiger partial charge in [-0.25, -0.2) is 4.98 Å². The first kappa shape index (κ1) is 9.55. The molecule has 0 spiro atoms. The molecule has 74 valence electrons. The van der Waals surface area contributed by atoms with E-state index < -0.39 is 0 Å². The zero-order valence-electron chi connectivity index (χ0n) is 7.58. The summed E-state index contributed by atoms with van der Waals surface area (Å²) in [5.74, 6) is 0.808. The van der Waals surface area contributed by atoms with Gasteiger partial charge in [0.15, 0.2) is 10.4 Å². The normalized spacial score (nSPS) is 10.4. The van der Waals surface area contributed by atoms with Gasteiger partial charge in [-0.1, -0.05) is 0 Å². The maximum Gasteiger partial charge on any atom is 0.193 e. The molecule has 2 rings (SSSR count). The molecule has 0 aliphatic heterocycles. The third-order valence-corrected chi connectivity index (χ3v) is 2.74. The summed E-state index contributed by atoms with van der Waals surface area (Å²) in [4.78, 5) is 5.36. The number of thiazole rings is 1. The molecule has 1 N–H and O–H groups in total. The minimum Gasteiger partial charge on any atom is -0.448 e. The number of hydrogen-bond donors (Lipinski definition) is 1. The highest BCUT2D eigenvalue weighted by Gasteiger charge is 2.01. The Morgan fingerprint density at radius 3 is 3.00 bits per heavy atom. The molecule has 0 fully saturated rings. The Hall–Kier alpha value is -1.00. The van der Waals surface area contributed by atoms with Gasteiger partial charge in [0.2, 0.25) is 0 Å². The van der Waals surface area contributed by atoms with Crippen molar-refractivity contribution in [2.45, 2.75) is 13.5 Å². The Morgan fingerprint density at radius 1 is 1.57 bits per heavy atom. The van der Waals surface area contributed by atoms with Crippen molar-refractivity contribution in [3.8, 4) is 0 Å². The number of halogens is 1. The molecule has 0 unspecified atom stereocenters. The van der Waals surface area contributed by atoms with Crippen molar-refractivity contribution >= 4 is 28.1 Å².